The van der Waals surface area contributed by atoms with Crippen LogP contribution in [-0.2, 0) is 5.41 Å². The molecular formula is C61H38N2S. The molecule has 2 heterocycles. The summed E-state index contributed by atoms with van der Waals surface area (Å²) in [6.45, 7) is 0. The minimum absolute atomic E-state index is 0.554. The van der Waals surface area contributed by atoms with E-state index in [2.05, 4.69) is 252 Å². The Bertz CT molecular complexity index is 3520. The highest BCUT2D eigenvalue weighted by molar-refractivity contribution is 7.99. The van der Waals surface area contributed by atoms with Crippen LogP contribution in [0.2, 0.25) is 0 Å². The van der Waals surface area contributed by atoms with Gasteiger partial charge < -0.3 is 9.47 Å². The summed E-state index contributed by atoms with van der Waals surface area (Å²) in [5, 5.41) is 2.44. The van der Waals surface area contributed by atoms with Gasteiger partial charge in [-0.2, -0.15) is 0 Å². The van der Waals surface area contributed by atoms with Crippen LogP contribution in [-0.4, -0.2) is 4.57 Å². The van der Waals surface area contributed by atoms with Crippen molar-refractivity contribution in [2.75, 3.05) is 4.90 Å². The molecule has 2 nitrogen and oxygen atoms in total. The Morgan fingerprint density at radius 3 is 1.78 bits per heavy atom. The van der Waals surface area contributed by atoms with Crippen LogP contribution in [0.4, 0.5) is 17.1 Å². The Hall–Kier alpha value is -8.03. The molecule has 13 rings (SSSR count). The van der Waals surface area contributed by atoms with E-state index in [4.69, 9.17) is 0 Å². The first-order chi connectivity index (χ1) is 31.8. The molecule has 0 bridgehead atoms. The molecule has 3 heteroatoms. The van der Waals surface area contributed by atoms with Gasteiger partial charge >= 0.3 is 0 Å². The van der Waals surface area contributed by atoms with E-state index in [-0.39, 0.29) is 0 Å². The molecule has 0 N–H and O–H groups in total. The smallest absolute Gasteiger partial charge is 0.0974 e. The van der Waals surface area contributed by atoms with Gasteiger partial charge in [0.2, 0.25) is 0 Å². The Labute approximate surface area is 377 Å². The lowest BCUT2D eigenvalue weighted by Crippen LogP contribution is -2.33. The van der Waals surface area contributed by atoms with Gasteiger partial charge in [-0.15, -0.1) is 0 Å². The summed E-state index contributed by atoms with van der Waals surface area (Å²) in [5.41, 5.74) is 18.3. The summed E-state index contributed by atoms with van der Waals surface area (Å²) >= 11 is 1.87. The molecule has 0 fully saturated rings. The fraction of sp³-hybridized carbons (Fsp3) is 0.0164. The Balaban J connectivity index is 1.01. The molecule has 1 spiro atoms. The summed E-state index contributed by atoms with van der Waals surface area (Å²) in [4.78, 5) is 4.97. The molecule has 0 saturated carbocycles. The second-order valence-corrected chi connectivity index (χ2v) is 17.7. The van der Waals surface area contributed by atoms with Crippen LogP contribution in [0.5, 0.6) is 0 Å². The lowest BCUT2D eigenvalue weighted by Gasteiger charge is -2.41. The van der Waals surface area contributed by atoms with E-state index >= 15 is 0 Å². The second-order valence-electron chi connectivity index (χ2n) is 16.6. The lowest BCUT2D eigenvalue weighted by molar-refractivity contribution is 0.722. The number of hydrogen-bond donors (Lipinski definition) is 0. The molecule has 0 saturated heterocycles. The maximum Gasteiger partial charge on any atom is 0.0974 e. The third kappa shape index (κ3) is 5.43. The zero-order valence-corrected chi connectivity index (χ0v) is 35.6. The van der Waals surface area contributed by atoms with Gasteiger partial charge in [-0.25, -0.2) is 0 Å². The second kappa shape index (κ2) is 14.5. The zero-order chi connectivity index (χ0) is 42.2. The Kier molecular flexibility index (Phi) is 8.31. The predicted molar refractivity (Wildman–Crippen MR) is 265 cm³/mol. The SMILES string of the molecule is c1c(-c2ccc3c(c2)c2ccccc2n3-c2ccccc2)ccc(N(c2ccc(-c3ccccc3)cc2)c2cccc3c2C2(c4ccccc4Sc4ccccc42)c2ccccc2-3)c#1. The Morgan fingerprint density at radius 2 is 1.03 bits per heavy atom. The van der Waals surface area contributed by atoms with Crippen molar-refractivity contribution in [3.05, 3.63) is 265 Å². The number of para-hydroxylation sites is 2. The van der Waals surface area contributed by atoms with Gasteiger partial charge in [-0.3, -0.25) is 0 Å². The Morgan fingerprint density at radius 1 is 0.422 bits per heavy atom. The summed E-state index contributed by atoms with van der Waals surface area (Å²) in [5.74, 6) is 0. The average Bonchev–Trinajstić information content (AvgIpc) is 3.86. The quantitative estimate of drug-likeness (QED) is 0.165. The van der Waals surface area contributed by atoms with Crippen molar-refractivity contribution >= 4 is 50.6 Å². The molecule has 10 aromatic carbocycles. The first kappa shape index (κ1) is 36.6. The standard InChI is InChI=1S/C61H38N2S/c1-3-16-41(17-4-1)42-30-35-46(36-31-42)62(47-37-32-43(33-38-47)44-34-39-56-51(40-44)49-21-8-12-26-55(49)63(56)45-18-5-2-6-19-45)57-27-15-22-50-48-20-7-9-23-52(48)61(60(50)57)53-24-10-13-28-58(53)64-59-29-14-11-25-54(59)61/h1-32,34-37,39-40H. The summed E-state index contributed by atoms with van der Waals surface area (Å²) in [7, 11) is 0. The van der Waals surface area contributed by atoms with E-state index in [0.29, 0.717) is 0 Å². The molecule has 0 atom stereocenters. The van der Waals surface area contributed by atoms with Crippen molar-refractivity contribution in [1.29, 1.82) is 0 Å². The zero-order valence-electron chi connectivity index (χ0n) is 34.7. The number of nitrogens with zero attached hydrogens (tertiary/aromatic N) is 2. The largest absolute Gasteiger partial charge is 0.309 e. The van der Waals surface area contributed by atoms with E-state index in [1.54, 1.807) is 0 Å². The number of fused-ring (bicyclic) bond motifs is 12. The van der Waals surface area contributed by atoms with Gasteiger partial charge in [0.15, 0.2) is 0 Å². The highest BCUT2D eigenvalue weighted by Gasteiger charge is 2.52. The van der Waals surface area contributed by atoms with Crippen LogP contribution >= 0.6 is 11.8 Å². The van der Waals surface area contributed by atoms with E-state index < -0.39 is 5.41 Å². The molecule has 298 valence electrons. The molecule has 11 aromatic rings. The van der Waals surface area contributed by atoms with Gasteiger partial charge in [-0.1, -0.05) is 176 Å². The number of benzene rings is 9. The first-order valence-corrected chi connectivity index (χ1v) is 22.7. The molecule has 1 aliphatic carbocycles. The number of aromatic nitrogens is 1. The fourth-order valence-corrected chi connectivity index (χ4v) is 11.8. The van der Waals surface area contributed by atoms with Crippen molar-refractivity contribution < 1.29 is 0 Å². The van der Waals surface area contributed by atoms with Crippen molar-refractivity contribution in [2.45, 2.75) is 15.2 Å². The van der Waals surface area contributed by atoms with Crippen LogP contribution in [0, 0.1) is 12.1 Å². The van der Waals surface area contributed by atoms with Crippen LogP contribution < -0.4 is 4.90 Å². The van der Waals surface area contributed by atoms with Gasteiger partial charge in [-0.05, 0) is 123 Å². The van der Waals surface area contributed by atoms with Crippen LogP contribution in [0.1, 0.15) is 22.3 Å². The van der Waals surface area contributed by atoms with Crippen molar-refractivity contribution in [3.63, 3.8) is 0 Å². The van der Waals surface area contributed by atoms with Crippen LogP contribution in [0.15, 0.2) is 240 Å². The molecule has 1 aliphatic heterocycles. The lowest BCUT2D eigenvalue weighted by atomic mass is 9.66. The molecule has 0 radical (unpaired) electrons. The predicted octanol–water partition coefficient (Wildman–Crippen LogP) is 16.0. The van der Waals surface area contributed by atoms with E-state index in [1.807, 2.05) is 11.8 Å². The molecule has 1 aromatic heterocycles. The van der Waals surface area contributed by atoms with Gasteiger partial charge in [0.25, 0.3) is 0 Å². The normalized spacial score (nSPS) is 12.9. The number of hydrogen-bond acceptors (Lipinski definition) is 2. The summed E-state index contributed by atoms with van der Waals surface area (Å²) < 4.78 is 2.36. The third-order valence-electron chi connectivity index (χ3n) is 13.3. The van der Waals surface area contributed by atoms with Gasteiger partial charge in [0, 0.05) is 43.1 Å². The van der Waals surface area contributed by atoms with Crippen molar-refractivity contribution in [3.8, 4) is 39.1 Å². The van der Waals surface area contributed by atoms with Crippen molar-refractivity contribution in [2.24, 2.45) is 0 Å². The highest BCUT2D eigenvalue weighted by atomic mass is 32.2. The highest BCUT2D eigenvalue weighted by Crippen LogP contribution is 2.64. The van der Waals surface area contributed by atoms with E-state index in [1.165, 1.54) is 76.1 Å². The van der Waals surface area contributed by atoms with E-state index in [0.717, 1.165) is 33.9 Å². The minimum atomic E-state index is -0.554. The molecule has 0 unspecified atom stereocenters. The van der Waals surface area contributed by atoms with Gasteiger partial charge in [0.1, 0.15) is 0 Å². The number of rotatable bonds is 6. The third-order valence-corrected chi connectivity index (χ3v) is 14.4. The minimum Gasteiger partial charge on any atom is -0.309 e. The summed E-state index contributed by atoms with van der Waals surface area (Å²) in [6, 6.07) is 91.5. The van der Waals surface area contributed by atoms with E-state index in [9.17, 15) is 0 Å². The molecule has 64 heavy (non-hydrogen) atoms. The monoisotopic (exact) mass is 830 g/mol. The maximum absolute atomic E-state index is 3.73. The fourth-order valence-electron chi connectivity index (χ4n) is 10.6. The first-order valence-electron chi connectivity index (χ1n) is 21.8. The molecule has 0 amide bonds. The van der Waals surface area contributed by atoms with Crippen molar-refractivity contribution in [1.82, 2.24) is 4.57 Å². The average molecular weight is 831 g/mol. The number of anilines is 3. The van der Waals surface area contributed by atoms with Gasteiger partial charge in [0.05, 0.1) is 27.8 Å². The maximum atomic E-state index is 3.73. The topological polar surface area (TPSA) is 8.17 Å². The van der Waals surface area contributed by atoms with Crippen LogP contribution in [0.25, 0.3) is 60.9 Å². The molecule has 2 aliphatic rings. The molecular weight excluding hydrogens is 793 g/mol. The summed E-state index contributed by atoms with van der Waals surface area (Å²) in [6.07, 6.45) is 0. The van der Waals surface area contributed by atoms with Crippen LogP contribution in [0.3, 0.4) is 0 Å².